The van der Waals surface area contributed by atoms with Gasteiger partial charge < -0.3 is 14.6 Å². The molecule has 0 radical (unpaired) electrons. The van der Waals surface area contributed by atoms with Crippen LogP contribution in [0.3, 0.4) is 0 Å². The number of aromatic amines is 1. The molecular formula is C22H32N2O4. The van der Waals surface area contributed by atoms with Crippen LogP contribution in [0.15, 0.2) is 0 Å². The smallest absolute Gasteiger partial charge is 0.354 e. The van der Waals surface area contributed by atoms with Crippen LogP contribution in [0.25, 0.3) is 0 Å². The van der Waals surface area contributed by atoms with Gasteiger partial charge in [0, 0.05) is 23.2 Å². The molecule has 2 aliphatic carbocycles. The predicted octanol–water partition coefficient (Wildman–Crippen LogP) is 3.95. The van der Waals surface area contributed by atoms with Crippen molar-refractivity contribution < 1.29 is 19.1 Å². The predicted molar refractivity (Wildman–Crippen MR) is 106 cm³/mol. The van der Waals surface area contributed by atoms with Crippen molar-refractivity contribution in [1.82, 2.24) is 9.88 Å². The van der Waals surface area contributed by atoms with Crippen molar-refractivity contribution in [3.8, 4) is 0 Å². The van der Waals surface area contributed by atoms with Crippen LogP contribution in [0.2, 0.25) is 0 Å². The number of amides is 1. The van der Waals surface area contributed by atoms with Gasteiger partial charge in [-0.25, -0.2) is 4.79 Å². The minimum absolute atomic E-state index is 0.0659. The Hall–Kier alpha value is -2.11. The highest BCUT2D eigenvalue weighted by molar-refractivity contribution is 6.06. The fourth-order valence-corrected chi connectivity index (χ4v) is 4.67. The van der Waals surface area contributed by atoms with Gasteiger partial charge in [-0.05, 0) is 52.0 Å². The summed E-state index contributed by atoms with van der Waals surface area (Å²) in [5.41, 5.74) is 2.07. The minimum Gasteiger partial charge on any atom is -0.464 e. The number of aryl methyl sites for hydroxylation is 1. The molecule has 1 aromatic heterocycles. The Morgan fingerprint density at radius 2 is 1.68 bits per heavy atom. The fraction of sp³-hybridized carbons (Fsp3) is 0.682. The van der Waals surface area contributed by atoms with Crippen molar-refractivity contribution in [3.05, 3.63) is 22.5 Å². The summed E-state index contributed by atoms with van der Waals surface area (Å²) in [6, 6.07) is -0.393. The van der Waals surface area contributed by atoms with Crippen LogP contribution < -0.4 is 0 Å². The summed E-state index contributed by atoms with van der Waals surface area (Å²) in [5, 5.41) is 0. The van der Waals surface area contributed by atoms with Crippen LogP contribution in [0.4, 0.5) is 0 Å². The second-order valence-corrected chi connectivity index (χ2v) is 8.32. The molecule has 28 heavy (non-hydrogen) atoms. The number of nitrogens with zero attached hydrogens (tertiary/aromatic N) is 1. The zero-order chi connectivity index (χ0) is 20.4. The third-order valence-corrected chi connectivity index (χ3v) is 6.55. The summed E-state index contributed by atoms with van der Waals surface area (Å²) in [5.74, 6) is -0.379. The molecule has 6 nitrogen and oxygen atoms in total. The Kier molecular flexibility index (Phi) is 6.26. The van der Waals surface area contributed by atoms with Gasteiger partial charge >= 0.3 is 5.97 Å². The zero-order valence-electron chi connectivity index (χ0n) is 17.5. The monoisotopic (exact) mass is 388 g/mol. The van der Waals surface area contributed by atoms with Gasteiger partial charge in [-0.1, -0.05) is 25.7 Å². The lowest BCUT2D eigenvalue weighted by Crippen LogP contribution is -2.53. The molecule has 0 saturated heterocycles. The van der Waals surface area contributed by atoms with Crippen LogP contribution >= 0.6 is 0 Å². The average molecular weight is 389 g/mol. The summed E-state index contributed by atoms with van der Waals surface area (Å²) >= 11 is 0. The van der Waals surface area contributed by atoms with Crippen molar-refractivity contribution >= 4 is 17.7 Å². The number of carbonyl (C=O) groups is 3. The van der Waals surface area contributed by atoms with E-state index >= 15 is 0 Å². The Morgan fingerprint density at radius 3 is 2.21 bits per heavy atom. The van der Waals surface area contributed by atoms with Gasteiger partial charge in [-0.2, -0.15) is 0 Å². The van der Waals surface area contributed by atoms with E-state index in [2.05, 4.69) is 4.98 Å². The molecular weight excluding hydrogens is 356 g/mol. The molecule has 1 aromatic rings. The number of ether oxygens (including phenoxy) is 1. The van der Waals surface area contributed by atoms with E-state index in [0.717, 1.165) is 44.9 Å². The van der Waals surface area contributed by atoms with E-state index in [1.165, 1.54) is 13.5 Å². The Morgan fingerprint density at radius 1 is 1.04 bits per heavy atom. The first-order valence-corrected chi connectivity index (χ1v) is 10.5. The van der Waals surface area contributed by atoms with Gasteiger partial charge in [0.25, 0.3) is 0 Å². The zero-order valence-corrected chi connectivity index (χ0v) is 17.5. The summed E-state index contributed by atoms with van der Waals surface area (Å²) in [6.07, 6.45) is 8.29. The maximum Gasteiger partial charge on any atom is 0.354 e. The minimum atomic E-state index is -0.533. The highest BCUT2D eigenvalue weighted by atomic mass is 16.5. The lowest BCUT2D eigenvalue weighted by atomic mass is 9.82. The molecule has 2 fully saturated rings. The average Bonchev–Trinajstić information content (AvgIpc) is 2.94. The maximum atomic E-state index is 13.5. The quantitative estimate of drug-likeness (QED) is 0.591. The fourth-order valence-electron chi connectivity index (χ4n) is 4.67. The summed E-state index contributed by atoms with van der Waals surface area (Å²) in [6.45, 7) is 5.39. The number of nitrogens with one attached hydrogen (secondary N) is 1. The van der Waals surface area contributed by atoms with Crippen molar-refractivity contribution in [2.45, 2.75) is 84.2 Å². The second-order valence-electron chi connectivity index (χ2n) is 8.32. The lowest BCUT2D eigenvalue weighted by Gasteiger charge is -2.41. The van der Waals surface area contributed by atoms with Crippen molar-refractivity contribution in [2.75, 3.05) is 7.11 Å². The molecule has 154 valence electrons. The maximum absolute atomic E-state index is 13.5. The number of carbonyl (C=O) groups excluding carboxylic acids is 3. The first-order valence-electron chi connectivity index (χ1n) is 10.5. The van der Waals surface area contributed by atoms with E-state index < -0.39 is 12.0 Å². The summed E-state index contributed by atoms with van der Waals surface area (Å²) < 4.78 is 4.81. The first kappa shape index (κ1) is 20.6. The molecule has 2 aliphatic rings. The number of H-pyrrole nitrogens is 1. The number of Topliss-reactive ketones (excluding diaryl/α,β-unsaturated/α-hetero) is 1. The van der Waals surface area contributed by atoms with E-state index in [4.69, 9.17) is 4.74 Å². The van der Waals surface area contributed by atoms with Gasteiger partial charge in [0.1, 0.15) is 5.69 Å². The van der Waals surface area contributed by atoms with E-state index in [9.17, 15) is 14.4 Å². The molecule has 0 aliphatic heterocycles. The van der Waals surface area contributed by atoms with Gasteiger partial charge in [0.15, 0.2) is 5.78 Å². The van der Waals surface area contributed by atoms with Gasteiger partial charge in [0.2, 0.25) is 5.91 Å². The summed E-state index contributed by atoms with van der Waals surface area (Å²) in [4.78, 5) is 43.6. The lowest BCUT2D eigenvalue weighted by molar-refractivity contribution is -0.142. The number of hydrogen-bond acceptors (Lipinski definition) is 4. The molecule has 6 heteroatoms. The van der Waals surface area contributed by atoms with Crippen molar-refractivity contribution in [3.63, 3.8) is 0 Å². The highest BCUT2D eigenvalue weighted by Crippen LogP contribution is 2.34. The molecule has 1 unspecified atom stereocenters. The van der Waals surface area contributed by atoms with E-state index in [-0.39, 0.29) is 23.7 Å². The number of hydrogen-bond donors (Lipinski definition) is 1. The van der Waals surface area contributed by atoms with Crippen molar-refractivity contribution in [1.29, 1.82) is 0 Å². The van der Waals surface area contributed by atoms with Crippen LogP contribution in [0.5, 0.6) is 0 Å². The molecule has 1 atom stereocenters. The third kappa shape index (κ3) is 3.74. The number of esters is 1. The summed E-state index contributed by atoms with van der Waals surface area (Å²) in [7, 11) is 1.32. The second kappa shape index (κ2) is 8.50. The number of rotatable bonds is 6. The number of aromatic nitrogens is 1. The molecule has 1 amide bonds. The number of methoxy groups -OCH3 is 1. The van der Waals surface area contributed by atoms with Crippen LogP contribution in [-0.2, 0) is 9.53 Å². The normalized spacial score (nSPS) is 19.0. The molecule has 0 bridgehead atoms. The van der Waals surface area contributed by atoms with E-state index in [0.29, 0.717) is 22.5 Å². The number of ketones is 1. The van der Waals surface area contributed by atoms with E-state index in [1.807, 2.05) is 11.8 Å². The van der Waals surface area contributed by atoms with Crippen LogP contribution in [0.1, 0.15) is 90.4 Å². The van der Waals surface area contributed by atoms with Gasteiger partial charge in [0.05, 0.1) is 13.2 Å². The van der Waals surface area contributed by atoms with Crippen LogP contribution in [-0.4, -0.2) is 46.7 Å². The first-order chi connectivity index (χ1) is 13.4. The molecule has 1 N–H and O–H groups in total. The van der Waals surface area contributed by atoms with E-state index in [1.54, 1.807) is 13.8 Å². The highest BCUT2D eigenvalue weighted by Gasteiger charge is 2.39. The molecule has 0 spiro atoms. The SMILES string of the molecule is COC(=O)c1[nH]c(C)c(C(=O)C(C)N(C(=O)C2CCC2)C2CCCCC2)c1C. The standard InChI is InChI=1S/C22H32N2O4/c1-13-18(14(2)23-19(13)22(27)28-4)20(25)15(3)24(17-11-6-5-7-12-17)21(26)16-9-8-10-16/h15-17,23H,5-12H2,1-4H3. The third-order valence-electron chi connectivity index (χ3n) is 6.55. The largest absolute Gasteiger partial charge is 0.464 e. The Balaban J connectivity index is 1.90. The molecule has 3 rings (SSSR count). The van der Waals surface area contributed by atoms with Crippen molar-refractivity contribution in [2.24, 2.45) is 5.92 Å². The Labute approximate surface area is 167 Å². The molecule has 0 aromatic carbocycles. The van der Waals surface area contributed by atoms with Gasteiger partial charge in [-0.3, -0.25) is 9.59 Å². The van der Waals surface area contributed by atoms with Crippen LogP contribution in [0, 0.1) is 19.8 Å². The molecule has 1 heterocycles. The molecule has 2 saturated carbocycles. The van der Waals surface area contributed by atoms with Gasteiger partial charge in [-0.15, -0.1) is 0 Å². The topological polar surface area (TPSA) is 79.5 Å². The Bertz CT molecular complexity index is 757.